The standard InChI is InChI=1S/C18H24ClN3O2/c19-16-8-4-3-7-15(16)13-20-18(24)22-11-9-21(10-12-22)17(23)14-5-1-2-6-14/h3-4,7-8,14H,1-2,5-6,9-13H2,(H,20,24). The molecule has 1 saturated carbocycles. The maximum Gasteiger partial charge on any atom is 0.317 e. The highest BCUT2D eigenvalue weighted by molar-refractivity contribution is 6.31. The molecule has 3 amide bonds. The number of halogens is 1. The molecule has 130 valence electrons. The van der Waals surface area contributed by atoms with E-state index >= 15 is 0 Å². The van der Waals surface area contributed by atoms with Crippen LogP contribution in [-0.2, 0) is 11.3 Å². The topological polar surface area (TPSA) is 52.7 Å². The molecule has 1 aliphatic carbocycles. The Morgan fingerprint density at radius 3 is 2.33 bits per heavy atom. The molecular formula is C18H24ClN3O2. The summed E-state index contributed by atoms with van der Waals surface area (Å²) in [5.74, 6) is 0.495. The molecule has 1 saturated heterocycles. The van der Waals surface area contributed by atoms with Crippen LogP contribution in [0.2, 0.25) is 5.02 Å². The monoisotopic (exact) mass is 349 g/mol. The highest BCUT2D eigenvalue weighted by Crippen LogP contribution is 2.26. The van der Waals surface area contributed by atoms with Gasteiger partial charge in [-0.05, 0) is 24.5 Å². The van der Waals surface area contributed by atoms with Gasteiger partial charge in [-0.3, -0.25) is 4.79 Å². The van der Waals surface area contributed by atoms with Crippen LogP contribution in [0.3, 0.4) is 0 Å². The van der Waals surface area contributed by atoms with E-state index in [1.54, 1.807) is 4.90 Å². The molecular weight excluding hydrogens is 326 g/mol. The maximum absolute atomic E-state index is 12.4. The molecule has 0 spiro atoms. The van der Waals surface area contributed by atoms with Crippen LogP contribution in [0.1, 0.15) is 31.2 Å². The molecule has 1 aliphatic heterocycles. The lowest BCUT2D eigenvalue weighted by Crippen LogP contribution is -2.53. The third kappa shape index (κ3) is 4.01. The fourth-order valence-corrected chi connectivity index (χ4v) is 3.69. The van der Waals surface area contributed by atoms with E-state index in [0.717, 1.165) is 18.4 Å². The van der Waals surface area contributed by atoms with E-state index in [1.165, 1.54) is 12.8 Å². The summed E-state index contributed by atoms with van der Waals surface area (Å²) >= 11 is 6.10. The second kappa shape index (κ2) is 7.88. The molecule has 0 radical (unpaired) electrons. The summed E-state index contributed by atoms with van der Waals surface area (Å²) in [7, 11) is 0. The third-order valence-electron chi connectivity index (χ3n) is 4.97. The van der Waals surface area contributed by atoms with Crippen LogP contribution < -0.4 is 5.32 Å². The summed E-state index contributed by atoms with van der Waals surface area (Å²) in [6.07, 6.45) is 4.39. The Balaban J connectivity index is 1.45. The van der Waals surface area contributed by atoms with E-state index in [1.807, 2.05) is 29.2 Å². The minimum absolute atomic E-state index is 0.0946. The maximum atomic E-state index is 12.4. The lowest BCUT2D eigenvalue weighted by atomic mass is 10.1. The molecule has 1 aromatic rings. The Morgan fingerprint density at radius 1 is 1.04 bits per heavy atom. The summed E-state index contributed by atoms with van der Waals surface area (Å²) in [6, 6.07) is 7.40. The molecule has 24 heavy (non-hydrogen) atoms. The second-order valence-electron chi connectivity index (χ2n) is 6.54. The van der Waals surface area contributed by atoms with Crippen molar-refractivity contribution in [3.8, 4) is 0 Å². The zero-order valence-corrected chi connectivity index (χ0v) is 14.6. The highest BCUT2D eigenvalue weighted by atomic mass is 35.5. The molecule has 2 aliphatic rings. The van der Waals surface area contributed by atoms with Crippen LogP contribution in [0, 0.1) is 5.92 Å². The number of carbonyl (C=O) groups excluding carboxylic acids is 2. The highest BCUT2D eigenvalue weighted by Gasteiger charge is 2.30. The average molecular weight is 350 g/mol. The van der Waals surface area contributed by atoms with Gasteiger partial charge in [-0.25, -0.2) is 4.79 Å². The first-order chi connectivity index (χ1) is 11.6. The van der Waals surface area contributed by atoms with Crippen molar-refractivity contribution >= 4 is 23.5 Å². The molecule has 1 aromatic carbocycles. The number of hydrogen-bond donors (Lipinski definition) is 1. The predicted molar refractivity (Wildman–Crippen MR) is 93.8 cm³/mol. The zero-order chi connectivity index (χ0) is 16.9. The van der Waals surface area contributed by atoms with Crippen molar-refractivity contribution in [2.75, 3.05) is 26.2 Å². The summed E-state index contributed by atoms with van der Waals surface area (Å²) in [5, 5.41) is 3.56. The van der Waals surface area contributed by atoms with Gasteiger partial charge in [0.05, 0.1) is 0 Å². The Bertz CT molecular complexity index is 594. The van der Waals surface area contributed by atoms with Crippen LogP contribution in [-0.4, -0.2) is 47.9 Å². The van der Waals surface area contributed by atoms with Gasteiger partial charge in [-0.2, -0.15) is 0 Å². The van der Waals surface area contributed by atoms with Gasteiger partial charge in [-0.15, -0.1) is 0 Å². The van der Waals surface area contributed by atoms with E-state index in [4.69, 9.17) is 11.6 Å². The van der Waals surface area contributed by atoms with Gasteiger partial charge in [0.2, 0.25) is 5.91 Å². The number of piperazine rings is 1. The van der Waals surface area contributed by atoms with Crippen molar-refractivity contribution in [1.29, 1.82) is 0 Å². The number of carbonyl (C=O) groups is 2. The minimum Gasteiger partial charge on any atom is -0.339 e. The van der Waals surface area contributed by atoms with E-state index < -0.39 is 0 Å². The first-order valence-corrected chi connectivity index (χ1v) is 9.08. The van der Waals surface area contributed by atoms with Gasteiger partial charge in [0, 0.05) is 43.7 Å². The van der Waals surface area contributed by atoms with Crippen molar-refractivity contribution in [2.45, 2.75) is 32.2 Å². The van der Waals surface area contributed by atoms with E-state index in [0.29, 0.717) is 37.7 Å². The van der Waals surface area contributed by atoms with Gasteiger partial charge < -0.3 is 15.1 Å². The molecule has 6 heteroatoms. The first-order valence-electron chi connectivity index (χ1n) is 8.70. The molecule has 1 heterocycles. The summed E-state index contributed by atoms with van der Waals surface area (Å²) in [5.41, 5.74) is 0.905. The molecule has 5 nitrogen and oxygen atoms in total. The van der Waals surface area contributed by atoms with Crippen LogP contribution in [0.4, 0.5) is 4.79 Å². The molecule has 0 aromatic heterocycles. The average Bonchev–Trinajstić information content (AvgIpc) is 3.15. The number of urea groups is 1. The lowest BCUT2D eigenvalue weighted by molar-refractivity contribution is -0.136. The van der Waals surface area contributed by atoms with Crippen molar-refractivity contribution in [3.63, 3.8) is 0 Å². The zero-order valence-electron chi connectivity index (χ0n) is 13.8. The van der Waals surface area contributed by atoms with Crippen LogP contribution >= 0.6 is 11.6 Å². The normalized spacial score (nSPS) is 18.7. The van der Waals surface area contributed by atoms with E-state index in [9.17, 15) is 9.59 Å². The fourth-order valence-electron chi connectivity index (χ4n) is 3.49. The first kappa shape index (κ1) is 17.1. The van der Waals surface area contributed by atoms with E-state index in [-0.39, 0.29) is 17.9 Å². The summed E-state index contributed by atoms with van der Waals surface area (Å²) < 4.78 is 0. The van der Waals surface area contributed by atoms with Crippen LogP contribution in [0.15, 0.2) is 24.3 Å². The Morgan fingerprint density at radius 2 is 1.67 bits per heavy atom. The van der Waals surface area contributed by atoms with Gasteiger partial charge in [-0.1, -0.05) is 42.6 Å². The third-order valence-corrected chi connectivity index (χ3v) is 5.34. The van der Waals surface area contributed by atoms with Crippen molar-refractivity contribution < 1.29 is 9.59 Å². The largest absolute Gasteiger partial charge is 0.339 e. The van der Waals surface area contributed by atoms with Crippen LogP contribution in [0.25, 0.3) is 0 Å². The minimum atomic E-state index is -0.0946. The van der Waals surface area contributed by atoms with Gasteiger partial charge in [0.15, 0.2) is 0 Å². The Labute approximate surface area is 147 Å². The van der Waals surface area contributed by atoms with Crippen molar-refractivity contribution in [3.05, 3.63) is 34.9 Å². The van der Waals surface area contributed by atoms with Crippen molar-refractivity contribution in [2.24, 2.45) is 5.92 Å². The van der Waals surface area contributed by atoms with Crippen LogP contribution in [0.5, 0.6) is 0 Å². The predicted octanol–water partition coefficient (Wildman–Crippen LogP) is 2.88. The number of benzene rings is 1. The quantitative estimate of drug-likeness (QED) is 0.912. The number of nitrogens with zero attached hydrogens (tertiary/aromatic N) is 2. The number of nitrogens with one attached hydrogen (secondary N) is 1. The van der Waals surface area contributed by atoms with Gasteiger partial charge in [0.1, 0.15) is 0 Å². The Hall–Kier alpha value is -1.75. The molecule has 0 bridgehead atoms. The second-order valence-corrected chi connectivity index (χ2v) is 6.95. The smallest absolute Gasteiger partial charge is 0.317 e. The summed E-state index contributed by atoms with van der Waals surface area (Å²) in [6.45, 7) is 2.86. The molecule has 3 rings (SSSR count). The molecule has 0 unspecified atom stereocenters. The SMILES string of the molecule is O=C(NCc1ccccc1Cl)N1CCN(C(=O)C2CCCC2)CC1. The van der Waals surface area contributed by atoms with Gasteiger partial charge >= 0.3 is 6.03 Å². The number of hydrogen-bond acceptors (Lipinski definition) is 2. The Kier molecular flexibility index (Phi) is 5.61. The van der Waals surface area contributed by atoms with E-state index in [2.05, 4.69) is 5.32 Å². The number of rotatable bonds is 3. The van der Waals surface area contributed by atoms with Crippen molar-refractivity contribution in [1.82, 2.24) is 15.1 Å². The summed E-state index contributed by atoms with van der Waals surface area (Å²) in [4.78, 5) is 28.4. The fraction of sp³-hybridized carbons (Fsp3) is 0.556. The molecule has 0 atom stereocenters. The lowest BCUT2D eigenvalue weighted by Gasteiger charge is -2.36. The molecule has 2 fully saturated rings. The van der Waals surface area contributed by atoms with Gasteiger partial charge in [0.25, 0.3) is 0 Å². The number of amides is 3. The molecule has 1 N–H and O–H groups in total.